The van der Waals surface area contributed by atoms with E-state index in [0.29, 0.717) is 76.8 Å². The maximum Gasteiger partial charge on any atom is 0.343 e. The summed E-state index contributed by atoms with van der Waals surface area (Å²) in [6, 6.07) is 22.9. The fraction of sp³-hybridized carbons (Fsp3) is 0.129. The molecule has 204 valence electrons. The van der Waals surface area contributed by atoms with Crippen LogP contribution in [0.5, 0.6) is 28.7 Å². The molecule has 0 spiro atoms. The number of fused-ring (bicyclic) bond motifs is 3. The first kappa shape index (κ1) is 24.9. The maximum absolute atomic E-state index is 13.3. The van der Waals surface area contributed by atoms with E-state index in [1.165, 1.54) is 11.3 Å². The van der Waals surface area contributed by atoms with Gasteiger partial charge in [-0.1, -0.05) is 12.1 Å². The summed E-state index contributed by atoms with van der Waals surface area (Å²) in [6.45, 7) is 1.74. The molecule has 2 aliphatic heterocycles. The summed E-state index contributed by atoms with van der Waals surface area (Å²) in [6.07, 6.45) is 0. The Morgan fingerprint density at radius 1 is 0.732 bits per heavy atom. The van der Waals surface area contributed by atoms with Gasteiger partial charge in [0.15, 0.2) is 23.0 Å². The third-order valence-electron chi connectivity index (χ3n) is 6.55. The van der Waals surface area contributed by atoms with Gasteiger partial charge in [-0.3, -0.25) is 4.79 Å². The van der Waals surface area contributed by atoms with Crippen LogP contribution in [0.1, 0.15) is 20.7 Å². The van der Waals surface area contributed by atoms with E-state index in [-0.39, 0.29) is 11.7 Å². The van der Waals surface area contributed by atoms with E-state index in [1.54, 1.807) is 54.6 Å². The second-order valence-electron chi connectivity index (χ2n) is 9.26. The van der Waals surface area contributed by atoms with Gasteiger partial charge in [-0.2, -0.15) is 0 Å². The Labute approximate surface area is 238 Å². The fourth-order valence-corrected chi connectivity index (χ4v) is 5.56. The molecule has 10 heteroatoms. The monoisotopic (exact) mass is 566 g/mol. The standard InChI is InChI=1S/C31H22N2O7S/c34-29(18-5-9-23-26(15-18)38-13-11-36-23)32-20-7-8-21(30-33-22-3-1-2-4-28(22)41-30)25(17-20)40-31(35)19-6-10-24-27(16-19)39-14-12-37-24/h1-10,15-17H,11-14H2,(H,32,34). The lowest BCUT2D eigenvalue weighted by atomic mass is 10.1. The summed E-state index contributed by atoms with van der Waals surface area (Å²) >= 11 is 1.48. The van der Waals surface area contributed by atoms with Crippen molar-refractivity contribution in [2.45, 2.75) is 0 Å². The first-order valence-corrected chi connectivity index (χ1v) is 13.8. The van der Waals surface area contributed by atoms with E-state index in [0.717, 1.165) is 10.2 Å². The zero-order valence-electron chi connectivity index (χ0n) is 21.5. The molecule has 41 heavy (non-hydrogen) atoms. The van der Waals surface area contributed by atoms with Crippen molar-refractivity contribution in [3.8, 4) is 39.3 Å². The van der Waals surface area contributed by atoms with Crippen LogP contribution >= 0.6 is 11.3 Å². The smallest absolute Gasteiger partial charge is 0.343 e. The Morgan fingerprint density at radius 2 is 1.39 bits per heavy atom. The van der Waals surface area contributed by atoms with Crippen LogP contribution in [0.15, 0.2) is 78.9 Å². The number of amides is 1. The molecule has 4 aromatic carbocycles. The molecule has 0 radical (unpaired) electrons. The van der Waals surface area contributed by atoms with Crippen LogP contribution in [0, 0.1) is 0 Å². The molecule has 0 atom stereocenters. The number of aromatic nitrogens is 1. The molecule has 0 bridgehead atoms. The van der Waals surface area contributed by atoms with Crippen LogP contribution in [0.2, 0.25) is 0 Å². The van der Waals surface area contributed by atoms with Crippen LogP contribution in [-0.4, -0.2) is 43.3 Å². The number of hydrogen-bond donors (Lipinski definition) is 1. The number of ether oxygens (including phenoxy) is 5. The third-order valence-corrected chi connectivity index (χ3v) is 7.62. The SMILES string of the molecule is O=C(Nc1ccc(-c2nc3ccccc3s2)c(OC(=O)c2ccc3c(c2)OCCO3)c1)c1ccc2c(c1)OCCO2. The van der Waals surface area contributed by atoms with Gasteiger partial charge in [0, 0.05) is 17.3 Å². The van der Waals surface area contributed by atoms with Crippen molar-refractivity contribution in [2.24, 2.45) is 0 Å². The van der Waals surface area contributed by atoms with E-state index in [1.807, 2.05) is 24.3 Å². The Balaban J connectivity index is 1.21. The number of nitrogens with one attached hydrogen (secondary N) is 1. The highest BCUT2D eigenvalue weighted by Crippen LogP contribution is 2.39. The van der Waals surface area contributed by atoms with Gasteiger partial charge in [-0.15, -0.1) is 11.3 Å². The zero-order valence-corrected chi connectivity index (χ0v) is 22.4. The lowest BCUT2D eigenvalue weighted by molar-refractivity contribution is 0.0734. The van der Waals surface area contributed by atoms with E-state index in [9.17, 15) is 9.59 Å². The van der Waals surface area contributed by atoms with Crippen molar-refractivity contribution in [2.75, 3.05) is 31.7 Å². The average Bonchev–Trinajstić information content (AvgIpc) is 3.45. The fourth-order valence-electron chi connectivity index (χ4n) is 4.57. The summed E-state index contributed by atoms with van der Waals surface area (Å²) in [5.74, 6) is 1.50. The van der Waals surface area contributed by atoms with Crippen molar-refractivity contribution in [3.05, 3.63) is 90.0 Å². The quantitative estimate of drug-likeness (QED) is 0.205. The van der Waals surface area contributed by atoms with Gasteiger partial charge in [0.1, 0.15) is 37.2 Å². The Morgan fingerprint density at radius 3 is 2.12 bits per heavy atom. The van der Waals surface area contributed by atoms with Crippen molar-refractivity contribution in [3.63, 3.8) is 0 Å². The molecule has 0 unspecified atom stereocenters. The number of nitrogens with zero attached hydrogens (tertiary/aromatic N) is 1. The number of hydrogen-bond acceptors (Lipinski definition) is 9. The number of benzene rings is 4. The van der Waals surface area contributed by atoms with Crippen molar-refractivity contribution in [1.82, 2.24) is 4.98 Å². The summed E-state index contributed by atoms with van der Waals surface area (Å²) in [5, 5.41) is 3.57. The molecule has 1 aromatic heterocycles. The third kappa shape index (κ3) is 5.01. The number of thiazole rings is 1. The molecular weight excluding hydrogens is 544 g/mol. The summed E-state index contributed by atoms with van der Waals surface area (Å²) < 4.78 is 29.3. The molecule has 9 nitrogen and oxygen atoms in total. The van der Waals surface area contributed by atoms with Crippen LogP contribution < -0.4 is 29.0 Å². The molecule has 5 aromatic rings. The molecule has 0 fully saturated rings. The van der Waals surface area contributed by atoms with E-state index in [4.69, 9.17) is 28.7 Å². The predicted octanol–water partition coefficient (Wildman–Crippen LogP) is 5.98. The summed E-state index contributed by atoms with van der Waals surface area (Å²) in [5.41, 5.74) is 2.61. The minimum atomic E-state index is -0.584. The molecule has 1 amide bonds. The lowest BCUT2D eigenvalue weighted by Gasteiger charge is -2.19. The summed E-state index contributed by atoms with van der Waals surface area (Å²) in [4.78, 5) is 31.1. The van der Waals surface area contributed by atoms with E-state index in [2.05, 4.69) is 5.32 Å². The topological polar surface area (TPSA) is 105 Å². The van der Waals surface area contributed by atoms with Crippen molar-refractivity contribution >= 4 is 39.1 Å². The minimum absolute atomic E-state index is 0.254. The molecule has 1 N–H and O–H groups in total. The molecule has 3 heterocycles. The number of rotatable bonds is 5. The summed E-state index contributed by atoms with van der Waals surface area (Å²) in [7, 11) is 0. The molecular formula is C31H22N2O7S. The second kappa shape index (κ2) is 10.5. The minimum Gasteiger partial charge on any atom is -0.486 e. The van der Waals surface area contributed by atoms with Gasteiger partial charge in [0.05, 0.1) is 21.3 Å². The first-order valence-electron chi connectivity index (χ1n) is 12.9. The number of para-hydroxylation sites is 1. The van der Waals surface area contributed by atoms with Gasteiger partial charge in [-0.05, 0) is 60.7 Å². The molecule has 2 aliphatic rings. The average molecular weight is 567 g/mol. The molecule has 0 saturated carbocycles. The van der Waals surface area contributed by atoms with Crippen LogP contribution in [0.4, 0.5) is 5.69 Å². The first-order chi connectivity index (χ1) is 20.1. The van der Waals surface area contributed by atoms with Gasteiger partial charge in [-0.25, -0.2) is 9.78 Å². The van der Waals surface area contributed by atoms with Crippen molar-refractivity contribution < 1.29 is 33.3 Å². The molecule has 0 aliphatic carbocycles. The van der Waals surface area contributed by atoms with Crippen LogP contribution in [-0.2, 0) is 0 Å². The Kier molecular flexibility index (Phi) is 6.36. The van der Waals surface area contributed by atoms with Crippen LogP contribution in [0.25, 0.3) is 20.8 Å². The Hall–Kier alpha value is -5.09. The van der Waals surface area contributed by atoms with Gasteiger partial charge < -0.3 is 29.0 Å². The van der Waals surface area contributed by atoms with E-state index < -0.39 is 5.97 Å². The van der Waals surface area contributed by atoms with Gasteiger partial charge >= 0.3 is 5.97 Å². The highest BCUT2D eigenvalue weighted by atomic mass is 32.1. The normalized spacial score (nSPS) is 13.5. The predicted molar refractivity (Wildman–Crippen MR) is 153 cm³/mol. The Bertz CT molecular complexity index is 1780. The highest BCUT2D eigenvalue weighted by Gasteiger charge is 2.21. The lowest BCUT2D eigenvalue weighted by Crippen LogP contribution is -2.17. The number of anilines is 1. The van der Waals surface area contributed by atoms with Crippen LogP contribution in [0.3, 0.4) is 0 Å². The second-order valence-corrected chi connectivity index (χ2v) is 10.3. The molecule has 0 saturated heterocycles. The largest absolute Gasteiger partial charge is 0.486 e. The van der Waals surface area contributed by atoms with Gasteiger partial charge in [0.2, 0.25) is 0 Å². The van der Waals surface area contributed by atoms with E-state index >= 15 is 0 Å². The molecule has 7 rings (SSSR count). The number of carbonyl (C=O) groups excluding carboxylic acids is 2. The van der Waals surface area contributed by atoms with Crippen molar-refractivity contribution in [1.29, 1.82) is 0 Å². The van der Waals surface area contributed by atoms with Gasteiger partial charge in [0.25, 0.3) is 5.91 Å². The zero-order chi connectivity index (χ0) is 27.8. The number of esters is 1. The highest BCUT2D eigenvalue weighted by molar-refractivity contribution is 7.21. The maximum atomic E-state index is 13.3. The number of carbonyl (C=O) groups is 2.